The fraction of sp³-hybridized carbons (Fsp3) is 0.125. The van der Waals surface area contributed by atoms with Crippen molar-refractivity contribution in [2.45, 2.75) is 20.8 Å². The van der Waals surface area contributed by atoms with Crippen LogP contribution in [0, 0.1) is 17.5 Å². The molecule has 3 aromatic carbocycles. The minimum atomic E-state index is -0.737. The van der Waals surface area contributed by atoms with Crippen LogP contribution in [0.2, 0.25) is 10.0 Å². The molecule has 0 atom stereocenters. The molecule has 0 aliphatic heterocycles. The van der Waals surface area contributed by atoms with E-state index >= 15 is 0 Å². The van der Waals surface area contributed by atoms with Gasteiger partial charge >= 0.3 is 0 Å². The Balaban J connectivity index is 0.000000263. The Morgan fingerprint density at radius 2 is 1.14 bits per heavy atom. The van der Waals surface area contributed by atoms with Gasteiger partial charge in [-0.15, -0.1) is 0 Å². The van der Waals surface area contributed by atoms with Crippen LogP contribution in [0.4, 0.5) is 13.2 Å². The number of halogens is 5. The van der Waals surface area contributed by atoms with Gasteiger partial charge in [-0.3, -0.25) is 14.4 Å². The number of phenols is 3. The molecule has 0 unspecified atom stereocenters. The molecule has 0 saturated carbocycles. The first kappa shape index (κ1) is 29.5. The average molecular weight is 531 g/mol. The van der Waals surface area contributed by atoms with E-state index < -0.39 is 28.2 Å². The lowest BCUT2D eigenvalue weighted by Gasteiger charge is -2.02. The van der Waals surface area contributed by atoms with E-state index in [1.165, 1.54) is 32.9 Å². The van der Waals surface area contributed by atoms with E-state index in [9.17, 15) is 27.6 Å². The lowest BCUT2D eigenvalue weighted by molar-refractivity contribution is 0.100. The summed E-state index contributed by atoms with van der Waals surface area (Å²) in [6.45, 7) is 3.85. The van der Waals surface area contributed by atoms with Gasteiger partial charge < -0.3 is 15.3 Å². The van der Waals surface area contributed by atoms with Crippen LogP contribution < -0.4 is 0 Å². The number of benzene rings is 3. The van der Waals surface area contributed by atoms with Gasteiger partial charge in [0.05, 0.1) is 21.7 Å². The predicted molar refractivity (Wildman–Crippen MR) is 124 cm³/mol. The molecule has 11 heteroatoms. The van der Waals surface area contributed by atoms with Gasteiger partial charge in [-0.25, -0.2) is 13.2 Å². The Labute approximate surface area is 208 Å². The van der Waals surface area contributed by atoms with Crippen LogP contribution in [0.15, 0.2) is 42.5 Å². The number of carbonyl (C=O) groups excluding carboxylic acids is 3. The summed E-state index contributed by atoms with van der Waals surface area (Å²) in [4.78, 5) is 32.3. The molecule has 0 aliphatic rings. The lowest BCUT2D eigenvalue weighted by atomic mass is 10.1. The zero-order valence-electron chi connectivity index (χ0n) is 18.5. The van der Waals surface area contributed by atoms with Crippen LogP contribution >= 0.6 is 23.2 Å². The first-order valence-corrected chi connectivity index (χ1v) is 10.3. The Hall–Kier alpha value is -3.56. The van der Waals surface area contributed by atoms with Crippen LogP contribution in [0.25, 0.3) is 0 Å². The molecule has 35 heavy (non-hydrogen) atoms. The maximum Gasteiger partial charge on any atom is 0.163 e. The van der Waals surface area contributed by atoms with Gasteiger partial charge in [-0.2, -0.15) is 0 Å². The van der Waals surface area contributed by atoms with Gasteiger partial charge in [0.1, 0.15) is 39.7 Å². The summed E-state index contributed by atoms with van der Waals surface area (Å²) in [6.07, 6.45) is 0. The van der Waals surface area contributed by atoms with E-state index in [1.807, 2.05) is 0 Å². The van der Waals surface area contributed by atoms with E-state index in [4.69, 9.17) is 38.5 Å². The molecule has 0 aliphatic carbocycles. The number of hydrogen-bond acceptors (Lipinski definition) is 6. The summed E-state index contributed by atoms with van der Waals surface area (Å²) in [5.41, 5.74) is 0.203. The van der Waals surface area contributed by atoms with Crippen molar-refractivity contribution in [2.24, 2.45) is 0 Å². The van der Waals surface area contributed by atoms with Crippen LogP contribution in [-0.4, -0.2) is 32.7 Å². The van der Waals surface area contributed by atoms with Crippen molar-refractivity contribution >= 4 is 40.6 Å². The highest BCUT2D eigenvalue weighted by atomic mass is 35.5. The van der Waals surface area contributed by atoms with Gasteiger partial charge in [-0.05, 0) is 51.1 Å². The molecule has 3 aromatic rings. The summed E-state index contributed by atoms with van der Waals surface area (Å²) in [5.74, 6) is -4.19. The van der Waals surface area contributed by atoms with Gasteiger partial charge in [0.2, 0.25) is 0 Å². The Bertz CT molecular complexity index is 1270. The maximum absolute atomic E-state index is 12.6. The third-order valence-corrected chi connectivity index (χ3v) is 4.85. The highest BCUT2D eigenvalue weighted by molar-refractivity contribution is 6.32. The molecule has 186 valence electrons. The molecule has 0 saturated heterocycles. The van der Waals surface area contributed by atoms with Crippen molar-refractivity contribution in [3.8, 4) is 17.2 Å². The van der Waals surface area contributed by atoms with E-state index in [2.05, 4.69) is 0 Å². The molecular weight excluding hydrogens is 512 g/mol. The smallest absolute Gasteiger partial charge is 0.163 e. The second-order valence-corrected chi connectivity index (χ2v) is 7.66. The number of ketones is 3. The van der Waals surface area contributed by atoms with Gasteiger partial charge in [-0.1, -0.05) is 23.2 Å². The molecule has 6 nitrogen and oxygen atoms in total. The zero-order valence-corrected chi connectivity index (χ0v) is 20.0. The molecule has 3 N–H and O–H groups in total. The van der Waals surface area contributed by atoms with Crippen molar-refractivity contribution in [3.63, 3.8) is 0 Å². The normalized spacial score (nSPS) is 9.83. The fourth-order valence-corrected chi connectivity index (χ4v) is 2.77. The topological polar surface area (TPSA) is 112 Å². The number of carbonyl (C=O) groups is 3. The molecule has 0 heterocycles. The minimum Gasteiger partial charge on any atom is -0.507 e. The highest BCUT2D eigenvalue weighted by Crippen LogP contribution is 2.30. The summed E-state index contributed by atoms with van der Waals surface area (Å²) in [7, 11) is 0. The lowest BCUT2D eigenvalue weighted by Crippen LogP contribution is -1.93. The first-order valence-electron chi connectivity index (χ1n) is 9.53. The SMILES string of the molecule is CC(=O)c1cc(Cl)c(F)cc1O.CC(=O)c1ccc(F)c(Cl)c1O.CC(=O)c1ccc(F)cc1O. The van der Waals surface area contributed by atoms with Crippen LogP contribution in [0.5, 0.6) is 17.2 Å². The van der Waals surface area contributed by atoms with Crippen molar-refractivity contribution in [3.05, 3.63) is 86.7 Å². The first-order chi connectivity index (χ1) is 16.2. The monoisotopic (exact) mass is 530 g/mol. The Morgan fingerprint density at radius 3 is 1.63 bits per heavy atom. The van der Waals surface area contributed by atoms with Gasteiger partial charge in [0, 0.05) is 12.1 Å². The van der Waals surface area contributed by atoms with Crippen molar-refractivity contribution in [1.82, 2.24) is 0 Å². The number of hydrogen-bond donors (Lipinski definition) is 3. The Morgan fingerprint density at radius 1 is 0.657 bits per heavy atom. The number of rotatable bonds is 3. The largest absolute Gasteiger partial charge is 0.507 e. The average Bonchev–Trinajstić information content (AvgIpc) is 2.75. The third kappa shape index (κ3) is 8.31. The van der Waals surface area contributed by atoms with Crippen molar-refractivity contribution in [1.29, 1.82) is 0 Å². The maximum atomic E-state index is 12.6. The molecule has 0 amide bonds. The molecule has 0 bridgehead atoms. The second kappa shape index (κ2) is 12.8. The van der Waals surface area contributed by atoms with Gasteiger partial charge in [0.15, 0.2) is 17.3 Å². The predicted octanol–water partition coefficient (Wildman–Crippen LogP) is 6.51. The third-order valence-electron chi connectivity index (χ3n) is 4.21. The number of Topliss-reactive ketones (excluding diaryl/α,β-unsaturated/α-hetero) is 3. The second-order valence-electron chi connectivity index (χ2n) is 6.87. The standard InChI is InChI=1S/2C8H6ClFO2.C8H7FO2/c1-4(11)5-2-6(9)7(10)3-8(5)12;1-4(11)5-2-3-6(10)7(9)8(5)12;1-5(10)7-3-2-6(9)4-8(7)11/h2*2-3,12H,1H3;2-4,11H,1H3. The van der Waals surface area contributed by atoms with E-state index in [0.717, 1.165) is 30.3 Å². The van der Waals surface area contributed by atoms with Crippen molar-refractivity contribution < 1.29 is 42.9 Å². The molecule has 0 aromatic heterocycles. The molecule has 3 rings (SSSR count). The van der Waals surface area contributed by atoms with E-state index in [-0.39, 0.29) is 50.6 Å². The molecule has 0 radical (unpaired) electrons. The zero-order chi connectivity index (χ0) is 27.0. The highest BCUT2D eigenvalue weighted by Gasteiger charge is 2.13. The summed E-state index contributed by atoms with van der Waals surface area (Å²) in [5, 5.41) is 26.6. The quantitative estimate of drug-likeness (QED) is 0.333. The number of aromatic hydroxyl groups is 3. The van der Waals surface area contributed by atoms with Crippen LogP contribution in [-0.2, 0) is 0 Å². The van der Waals surface area contributed by atoms with E-state index in [1.54, 1.807) is 0 Å². The number of phenolic OH excluding ortho intramolecular Hbond substituents is 3. The molecular formula is C24H19Cl2F3O6. The van der Waals surface area contributed by atoms with Crippen molar-refractivity contribution in [2.75, 3.05) is 0 Å². The summed E-state index contributed by atoms with van der Waals surface area (Å²) >= 11 is 10.7. The summed E-state index contributed by atoms with van der Waals surface area (Å²) in [6, 6.07) is 7.46. The minimum absolute atomic E-state index is 0.0291. The fourth-order valence-electron chi connectivity index (χ4n) is 2.44. The van der Waals surface area contributed by atoms with Crippen LogP contribution in [0.1, 0.15) is 51.8 Å². The Kier molecular flexibility index (Phi) is 10.8. The van der Waals surface area contributed by atoms with Gasteiger partial charge in [0.25, 0.3) is 0 Å². The molecule has 0 spiro atoms. The molecule has 0 fully saturated rings. The summed E-state index contributed by atoms with van der Waals surface area (Å²) < 4.78 is 37.6. The van der Waals surface area contributed by atoms with E-state index in [0.29, 0.717) is 0 Å². The van der Waals surface area contributed by atoms with Crippen LogP contribution in [0.3, 0.4) is 0 Å².